The van der Waals surface area contributed by atoms with E-state index in [1.54, 1.807) is 0 Å². The van der Waals surface area contributed by atoms with E-state index >= 15 is 0 Å². The minimum atomic E-state index is -0.613. The molecule has 5 nitrogen and oxygen atoms in total. The monoisotopic (exact) mass is 346 g/mol. The maximum atomic E-state index is 12.2. The molecule has 0 heterocycles. The third-order valence-corrected chi connectivity index (χ3v) is 4.71. The molecule has 2 amide bonds. The number of benzene rings is 1. The van der Waals surface area contributed by atoms with Crippen molar-refractivity contribution in [1.29, 1.82) is 0 Å². The third-order valence-electron chi connectivity index (χ3n) is 4.71. The van der Waals surface area contributed by atoms with Crippen LogP contribution in [0.25, 0.3) is 0 Å². The number of carbonyl (C=O) groups is 2. The topological polar surface area (TPSA) is 78.4 Å². The fourth-order valence-electron chi connectivity index (χ4n) is 3.32. The number of carbonyl (C=O) groups excluding carboxylic acids is 2. The second kappa shape index (κ2) is 10.2. The lowest BCUT2D eigenvalue weighted by molar-refractivity contribution is -0.127. The number of hydrogen-bond donors (Lipinski definition) is 3. The predicted molar refractivity (Wildman–Crippen MR) is 98.0 cm³/mol. The molecule has 0 aliphatic heterocycles. The van der Waals surface area contributed by atoms with Gasteiger partial charge in [-0.05, 0) is 25.3 Å². The summed E-state index contributed by atoms with van der Waals surface area (Å²) in [5.74, 6) is 0.0274. The van der Waals surface area contributed by atoms with E-state index in [0.29, 0.717) is 6.42 Å². The Morgan fingerprint density at radius 2 is 1.84 bits per heavy atom. The van der Waals surface area contributed by atoms with E-state index in [0.717, 1.165) is 31.2 Å². The zero-order chi connectivity index (χ0) is 18.1. The number of nitrogens with one attached hydrogen (secondary N) is 2. The highest BCUT2D eigenvalue weighted by Gasteiger charge is 2.22. The fraction of sp³-hybridized carbons (Fsp3) is 0.600. The molecule has 0 radical (unpaired) electrons. The van der Waals surface area contributed by atoms with Crippen LogP contribution >= 0.6 is 0 Å². The molecule has 138 valence electrons. The molecule has 1 aliphatic rings. The van der Waals surface area contributed by atoms with E-state index in [1.165, 1.54) is 6.42 Å². The molecule has 0 saturated heterocycles. The maximum absolute atomic E-state index is 12.2. The molecule has 2 atom stereocenters. The third kappa shape index (κ3) is 7.26. The van der Waals surface area contributed by atoms with Crippen LogP contribution in [0.3, 0.4) is 0 Å². The highest BCUT2D eigenvalue weighted by atomic mass is 16.3. The van der Waals surface area contributed by atoms with Gasteiger partial charge in [-0.15, -0.1) is 0 Å². The van der Waals surface area contributed by atoms with Crippen molar-refractivity contribution in [2.45, 2.75) is 64.0 Å². The lowest BCUT2D eigenvalue weighted by atomic mass is 9.88. The molecule has 1 fully saturated rings. The van der Waals surface area contributed by atoms with Gasteiger partial charge in [0.2, 0.25) is 11.8 Å². The van der Waals surface area contributed by atoms with Crippen molar-refractivity contribution in [2.24, 2.45) is 5.92 Å². The summed E-state index contributed by atoms with van der Waals surface area (Å²) in [5.41, 5.74) is 1.04. The fourth-order valence-corrected chi connectivity index (χ4v) is 3.32. The summed E-state index contributed by atoms with van der Waals surface area (Å²) in [6.07, 6.45) is 5.49. The predicted octanol–water partition coefficient (Wildman–Crippen LogP) is 2.18. The number of aliphatic hydroxyl groups is 1. The molecular formula is C20H30N2O3. The van der Waals surface area contributed by atoms with E-state index in [9.17, 15) is 14.7 Å². The Kier molecular flexibility index (Phi) is 7.92. The molecule has 0 spiro atoms. The van der Waals surface area contributed by atoms with Crippen LogP contribution in [0.2, 0.25) is 0 Å². The second-order valence-corrected chi connectivity index (χ2v) is 7.10. The van der Waals surface area contributed by atoms with Gasteiger partial charge in [-0.3, -0.25) is 9.59 Å². The Hall–Kier alpha value is -1.88. The molecule has 1 aromatic carbocycles. The lowest BCUT2D eigenvalue weighted by Gasteiger charge is -2.23. The first-order valence-electron chi connectivity index (χ1n) is 9.33. The van der Waals surface area contributed by atoms with Crippen molar-refractivity contribution in [3.05, 3.63) is 35.9 Å². The normalized spacial score (nSPS) is 17.5. The molecule has 25 heavy (non-hydrogen) atoms. The minimum Gasteiger partial charge on any atom is -0.391 e. The number of amides is 2. The summed E-state index contributed by atoms with van der Waals surface area (Å²) in [7, 11) is 0. The van der Waals surface area contributed by atoms with Gasteiger partial charge in [0.25, 0.3) is 0 Å². The van der Waals surface area contributed by atoms with E-state index in [1.807, 2.05) is 37.3 Å². The zero-order valence-electron chi connectivity index (χ0n) is 15.0. The first-order valence-corrected chi connectivity index (χ1v) is 9.33. The van der Waals surface area contributed by atoms with E-state index < -0.39 is 6.10 Å². The van der Waals surface area contributed by atoms with Gasteiger partial charge in [-0.1, -0.05) is 49.6 Å². The Labute approximate surface area is 150 Å². The van der Waals surface area contributed by atoms with Crippen molar-refractivity contribution < 1.29 is 14.7 Å². The van der Waals surface area contributed by atoms with Crippen LogP contribution in [0, 0.1) is 5.92 Å². The van der Waals surface area contributed by atoms with Gasteiger partial charge in [-0.25, -0.2) is 0 Å². The Bertz CT molecular complexity index is 541. The number of aliphatic hydroxyl groups excluding tert-OH is 1. The standard InChI is InChI=1S/C20H30N2O3/c1-15(22-20(25)17-10-6-3-7-11-17)12-19(24)21-14-18(23)13-16-8-4-2-5-9-16/h2,4-5,8-9,15,17-18,23H,3,6-7,10-14H2,1H3,(H,21,24)(H,22,25). The van der Waals surface area contributed by atoms with Crippen LogP contribution in [0.5, 0.6) is 0 Å². The smallest absolute Gasteiger partial charge is 0.223 e. The summed E-state index contributed by atoms with van der Waals surface area (Å²) >= 11 is 0. The zero-order valence-corrected chi connectivity index (χ0v) is 15.0. The first-order chi connectivity index (χ1) is 12.0. The number of rotatable bonds is 8. The molecule has 3 N–H and O–H groups in total. The molecule has 1 aliphatic carbocycles. The summed E-state index contributed by atoms with van der Waals surface area (Å²) in [6, 6.07) is 9.50. The van der Waals surface area contributed by atoms with Crippen molar-refractivity contribution in [2.75, 3.05) is 6.54 Å². The molecule has 5 heteroatoms. The molecule has 1 saturated carbocycles. The van der Waals surface area contributed by atoms with Crippen LogP contribution in [-0.2, 0) is 16.0 Å². The minimum absolute atomic E-state index is 0.0733. The highest BCUT2D eigenvalue weighted by Crippen LogP contribution is 2.23. The lowest BCUT2D eigenvalue weighted by Crippen LogP contribution is -2.42. The summed E-state index contributed by atoms with van der Waals surface area (Å²) < 4.78 is 0. The molecule has 0 aromatic heterocycles. The molecular weight excluding hydrogens is 316 g/mol. The van der Waals surface area contributed by atoms with Gasteiger partial charge < -0.3 is 15.7 Å². The van der Waals surface area contributed by atoms with E-state index in [-0.39, 0.29) is 36.7 Å². The largest absolute Gasteiger partial charge is 0.391 e. The summed E-state index contributed by atoms with van der Waals surface area (Å²) in [4.78, 5) is 24.2. The SMILES string of the molecule is CC(CC(=O)NCC(O)Cc1ccccc1)NC(=O)C1CCCCC1. The van der Waals surface area contributed by atoms with Gasteiger partial charge in [0.15, 0.2) is 0 Å². The highest BCUT2D eigenvalue weighted by molar-refractivity contribution is 5.81. The van der Waals surface area contributed by atoms with Crippen molar-refractivity contribution in [3.63, 3.8) is 0 Å². The van der Waals surface area contributed by atoms with Crippen LogP contribution in [0.1, 0.15) is 51.0 Å². The van der Waals surface area contributed by atoms with Gasteiger partial charge in [-0.2, -0.15) is 0 Å². The molecule has 1 aromatic rings. The van der Waals surface area contributed by atoms with Gasteiger partial charge in [0.05, 0.1) is 6.10 Å². The van der Waals surface area contributed by atoms with Crippen LogP contribution in [0.15, 0.2) is 30.3 Å². The quantitative estimate of drug-likeness (QED) is 0.675. The van der Waals surface area contributed by atoms with Crippen LogP contribution < -0.4 is 10.6 Å². The van der Waals surface area contributed by atoms with Crippen molar-refractivity contribution in [3.8, 4) is 0 Å². The average molecular weight is 346 g/mol. The average Bonchev–Trinajstić information content (AvgIpc) is 2.61. The maximum Gasteiger partial charge on any atom is 0.223 e. The van der Waals surface area contributed by atoms with E-state index in [2.05, 4.69) is 10.6 Å². The number of hydrogen-bond acceptors (Lipinski definition) is 3. The van der Waals surface area contributed by atoms with E-state index in [4.69, 9.17) is 0 Å². The second-order valence-electron chi connectivity index (χ2n) is 7.10. The van der Waals surface area contributed by atoms with Crippen molar-refractivity contribution >= 4 is 11.8 Å². The van der Waals surface area contributed by atoms with Crippen LogP contribution in [-0.4, -0.2) is 35.6 Å². The van der Waals surface area contributed by atoms with Gasteiger partial charge in [0, 0.05) is 31.3 Å². The van der Waals surface area contributed by atoms with Crippen molar-refractivity contribution in [1.82, 2.24) is 10.6 Å². The Morgan fingerprint density at radius 1 is 1.16 bits per heavy atom. The molecule has 2 rings (SSSR count). The van der Waals surface area contributed by atoms with Gasteiger partial charge in [0.1, 0.15) is 0 Å². The Balaban J connectivity index is 1.64. The molecule has 2 unspecified atom stereocenters. The summed E-state index contributed by atoms with van der Waals surface area (Å²) in [6.45, 7) is 2.07. The first kappa shape index (κ1) is 19.4. The van der Waals surface area contributed by atoms with Gasteiger partial charge >= 0.3 is 0 Å². The molecule has 0 bridgehead atoms. The van der Waals surface area contributed by atoms with Crippen LogP contribution in [0.4, 0.5) is 0 Å². The summed E-state index contributed by atoms with van der Waals surface area (Å²) in [5, 5.41) is 15.7. The Morgan fingerprint density at radius 3 is 2.52 bits per heavy atom.